The summed E-state index contributed by atoms with van der Waals surface area (Å²) in [5.74, 6) is 0.384. The van der Waals surface area contributed by atoms with E-state index in [0.717, 1.165) is 0 Å². The van der Waals surface area contributed by atoms with Crippen molar-refractivity contribution in [1.82, 2.24) is 4.98 Å². The largest absolute Gasteiger partial charge is 0.380 e. The number of aromatic nitrogens is 1. The fraction of sp³-hybridized carbons (Fsp3) is 0.545. The Morgan fingerprint density at radius 1 is 1.59 bits per heavy atom. The van der Waals surface area contributed by atoms with Gasteiger partial charge in [0.1, 0.15) is 0 Å². The van der Waals surface area contributed by atoms with Crippen molar-refractivity contribution in [2.24, 2.45) is 0 Å². The minimum Gasteiger partial charge on any atom is -0.380 e. The summed E-state index contributed by atoms with van der Waals surface area (Å²) in [7, 11) is 1.77. The number of aryl methyl sites for hydroxylation is 1. The zero-order chi connectivity index (χ0) is 12.8. The van der Waals surface area contributed by atoms with Crippen LogP contribution in [0.2, 0.25) is 0 Å². The molecule has 1 aromatic heterocycles. The first-order valence-corrected chi connectivity index (χ1v) is 5.46. The average molecular weight is 239 g/mol. The average Bonchev–Trinajstić information content (AvgIpc) is 2.28. The van der Waals surface area contributed by atoms with Crippen molar-refractivity contribution in [2.45, 2.75) is 13.8 Å². The lowest BCUT2D eigenvalue weighted by molar-refractivity contribution is -0.384. The molecule has 1 aromatic rings. The Hall–Kier alpha value is -1.69. The summed E-state index contributed by atoms with van der Waals surface area (Å²) in [5.41, 5.74) is 0.676. The van der Waals surface area contributed by atoms with Gasteiger partial charge >= 0.3 is 5.69 Å². The highest BCUT2D eigenvalue weighted by Gasteiger charge is 2.21. The Morgan fingerprint density at radius 2 is 2.29 bits per heavy atom. The van der Waals surface area contributed by atoms with Gasteiger partial charge in [0.05, 0.1) is 11.5 Å². The molecule has 1 heterocycles. The van der Waals surface area contributed by atoms with Crippen LogP contribution in [0.4, 0.5) is 11.5 Å². The van der Waals surface area contributed by atoms with Gasteiger partial charge in [-0.15, -0.1) is 0 Å². The van der Waals surface area contributed by atoms with Gasteiger partial charge in [-0.05, 0) is 19.9 Å². The SMILES string of the molecule is CCOCCN(C)c1nccc(C)c1[N+](=O)[O-]. The first kappa shape index (κ1) is 13.4. The summed E-state index contributed by atoms with van der Waals surface area (Å²) in [6, 6.07) is 1.64. The van der Waals surface area contributed by atoms with E-state index in [1.807, 2.05) is 6.92 Å². The predicted octanol–water partition coefficient (Wildman–Crippen LogP) is 1.77. The molecule has 0 radical (unpaired) electrons. The van der Waals surface area contributed by atoms with Crippen molar-refractivity contribution < 1.29 is 9.66 Å². The summed E-state index contributed by atoms with van der Waals surface area (Å²) in [5, 5.41) is 11.0. The number of rotatable bonds is 6. The normalized spacial score (nSPS) is 10.3. The van der Waals surface area contributed by atoms with E-state index in [4.69, 9.17) is 4.74 Å². The van der Waals surface area contributed by atoms with Gasteiger partial charge in [-0.1, -0.05) is 0 Å². The lowest BCUT2D eigenvalue weighted by atomic mass is 10.2. The van der Waals surface area contributed by atoms with E-state index in [0.29, 0.717) is 31.1 Å². The lowest BCUT2D eigenvalue weighted by Crippen LogP contribution is -2.24. The molecule has 0 unspecified atom stereocenters. The van der Waals surface area contributed by atoms with Crippen LogP contribution < -0.4 is 4.90 Å². The highest BCUT2D eigenvalue weighted by molar-refractivity contribution is 5.61. The van der Waals surface area contributed by atoms with E-state index in [2.05, 4.69) is 4.98 Å². The minimum absolute atomic E-state index is 0.0616. The third kappa shape index (κ3) is 3.39. The van der Waals surface area contributed by atoms with Crippen molar-refractivity contribution in [2.75, 3.05) is 31.7 Å². The van der Waals surface area contributed by atoms with Crippen LogP contribution in [0.15, 0.2) is 12.3 Å². The van der Waals surface area contributed by atoms with Crippen LogP contribution in [0.5, 0.6) is 0 Å². The molecular weight excluding hydrogens is 222 g/mol. The molecule has 0 spiro atoms. The van der Waals surface area contributed by atoms with Crippen molar-refractivity contribution in [3.8, 4) is 0 Å². The summed E-state index contributed by atoms with van der Waals surface area (Å²) >= 11 is 0. The van der Waals surface area contributed by atoms with Gasteiger partial charge in [0.25, 0.3) is 0 Å². The lowest BCUT2D eigenvalue weighted by Gasteiger charge is -2.18. The molecule has 0 N–H and O–H groups in total. The molecule has 0 atom stereocenters. The number of ether oxygens (including phenoxy) is 1. The second-order valence-electron chi connectivity index (χ2n) is 3.68. The Bertz CT molecular complexity index is 396. The fourth-order valence-electron chi connectivity index (χ4n) is 1.49. The van der Waals surface area contributed by atoms with Crippen LogP contribution in [0.25, 0.3) is 0 Å². The van der Waals surface area contributed by atoms with E-state index in [-0.39, 0.29) is 5.69 Å². The molecule has 6 nitrogen and oxygen atoms in total. The summed E-state index contributed by atoms with van der Waals surface area (Å²) in [6.45, 7) is 5.36. The van der Waals surface area contributed by atoms with Crippen molar-refractivity contribution in [1.29, 1.82) is 0 Å². The summed E-state index contributed by atoms with van der Waals surface area (Å²) in [6.07, 6.45) is 1.58. The monoisotopic (exact) mass is 239 g/mol. The third-order valence-corrected chi connectivity index (χ3v) is 2.43. The van der Waals surface area contributed by atoms with Gasteiger partial charge in [0, 0.05) is 32.0 Å². The zero-order valence-corrected chi connectivity index (χ0v) is 10.3. The summed E-state index contributed by atoms with van der Waals surface area (Å²) < 4.78 is 5.22. The second kappa shape index (κ2) is 6.15. The van der Waals surface area contributed by atoms with E-state index in [1.165, 1.54) is 0 Å². The molecule has 0 saturated carbocycles. The highest BCUT2D eigenvalue weighted by atomic mass is 16.6. The molecule has 0 aliphatic heterocycles. The van der Waals surface area contributed by atoms with Crippen LogP contribution in [0, 0.1) is 17.0 Å². The molecule has 17 heavy (non-hydrogen) atoms. The van der Waals surface area contributed by atoms with Gasteiger partial charge in [0.2, 0.25) is 5.82 Å². The zero-order valence-electron chi connectivity index (χ0n) is 10.3. The van der Waals surface area contributed by atoms with E-state index < -0.39 is 4.92 Å². The maximum atomic E-state index is 11.0. The number of hydrogen-bond acceptors (Lipinski definition) is 5. The standard InChI is InChI=1S/C11H17N3O3/c1-4-17-8-7-13(3)11-10(14(15)16)9(2)5-6-12-11/h5-6H,4,7-8H2,1-3H3. The van der Waals surface area contributed by atoms with Crippen LogP contribution >= 0.6 is 0 Å². The number of likely N-dealkylation sites (N-methyl/N-ethyl adjacent to an activating group) is 1. The molecule has 1 rings (SSSR count). The smallest absolute Gasteiger partial charge is 0.314 e. The molecular formula is C11H17N3O3. The highest BCUT2D eigenvalue weighted by Crippen LogP contribution is 2.27. The van der Waals surface area contributed by atoms with E-state index >= 15 is 0 Å². The molecule has 0 aliphatic carbocycles. The Labute approximate surface area is 100 Å². The van der Waals surface area contributed by atoms with E-state index in [1.54, 1.807) is 31.1 Å². The van der Waals surface area contributed by atoms with Crippen LogP contribution in [-0.2, 0) is 4.74 Å². The molecule has 0 bridgehead atoms. The maximum Gasteiger partial charge on any atom is 0.314 e. The molecule has 0 saturated heterocycles. The Morgan fingerprint density at radius 3 is 2.88 bits per heavy atom. The second-order valence-corrected chi connectivity index (χ2v) is 3.68. The van der Waals surface area contributed by atoms with E-state index in [9.17, 15) is 10.1 Å². The van der Waals surface area contributed by atoms with Crippen molar-refractivity contribution >= 4 is 11.5 Å². The Balaban J connectivity index is 2.89. The van der Waals surface area contributed by atoms with Gasteiger partial charge in [-0.25, -0.2) is 4.98 Å². The van der Waals surface area contributed by atoms with Crippen LogP contribution in [0.3, 0.4) is 0 Å². The third-order valence-electron chi connectivity index (χ3n) is 2.43. The molecule has 0 fully saturated rings. The van der Waals surface area contributed by atoms with Gasteiger partial charge in [-0.2, -0.15) is 0 Å². The molecule has 0 aliphatic rings. The van der Waals surface area contributed by atoms with Crippen molar-refractivity contribution in [3.05, 3.63) is 27.9 Å². The molecule has 6 heteroatoms. The predicted molar refractivity (Wildman–Crippen MR) is 65.4 cm³/mol. The molecule has 0 amide bonds. The quantitative estimate of drug-likeness (QED) is 0.430. The summed E-state index contributed by atoms with van der Waals surface area (Å²) in [4.78, 5) is 16.4. The number of nitrogens with zero attached hydrogens (tertiary/aromatic N) is 3. The number of anilines is 1. The fourth-order valence-corrected chi connectivity index (χ4v) is 1.49. The minimum atomic E-state index is -0.394. The van der Waals surface area contributed by atoms with Crippen molar-refractivity contribution in [3.63, 3.8) is 0 Å². The Kier molecular flexibility index (Phi) is 4.84. The molecule has 0 aromatic carbocycles. The van der Waals surface area contributed by atoms with Crippen LogP contribution in [0.1, 0.15) is 12.5 Å². The first-order chi connectivity index (χ1) is 8.07. The topological polar surface area (TPSA) is 68.5 Å². The first-order valence-electron chi connectivity index (χ1n) is 5.46. The molecule has 94 valence electrons. The number of hydrogen-bond donors (Lipinski definition) is 0. The maximum absolute atomic E-state index is 11.0. The van der Waals surface area contributed by atoms with Crippen LogP contribution in [-0.4, -0.2) is 36.7 Å². The van der Waals surface area contributed by atoms with Gasteiger partial charge in [0.15, 0.2) is 0 Å². The number of pyridine rings is 1. The van der Waals surface area contributed by atoms with Gasteiger partial charge < -0.3 is 9.64 Å². The number of nitro groups is 1. The van der Waals surface area contributed by atoms with Gasteiger partial charge in [-0.3, -0.25) is 10.1 Å².